The maximum Gasteiger partial charge on any atom is 0.315 e. The quantitative estimate of drug-likeness (QED) is 0.565. The molecule has 1 aromatic carbocycles. The summed E-state index contributed by atoms with van der Waals surface area (Å²) in [6.07, 6.45) is 6.18. The predicted molar refractivity (Wildman–Crippen MR) is 144 cm³/mol. The normalized spacial score (nSPS) is 25.9. The number of thioether (sulfide) groups is 1. The van der Waals surface area contributed by atoms with Crippen molar-refractivity contribution in [3.63, 3.8) is 0 Å². The van der Waals surface area contributed by atoms with Crippen molar-refractivity contribution in [2.24, 2.45) is 10.9 Å². The van der Waals surface area contributed by atoms with Gasteiger partial charge in [-0.1, -0.05) is 31.5 Å². The van der Waals surface area contributed by atoms with Crippen molar-refractivity contribution in [3.05, 3.63) is 59.4 Å². The second-order valence-electron chi connectivity index (χ2n) is 10.2. The van der Waals surface area contributed by atoms with Gasteiger partial charge in [0.25, 0.3) is 0 Å². The van der Waals surface area contributed by atoms with Crippen molar-refractivity contribution in [1.82, 2.24) is 20.5 Å². The number of hydrogen-bond donors (Lipinski definition) is 2. The average Bonchev–Trinajstić information content (AvgIpc) is 3.24. The van der Waals surface area contributed by atoms with Gasteiger partial charge in [-0.15, -0.1) is 11.8 Å². The summed E-state index contributed by atoms with van der Waals surface area (Å²) in [5.41, 5.74) is 4.73. The number of urea groups is 1. The summed E-state index contributed by atoms with van der Waals surface area (Å²) in [6.45, 7) is 7.96. The lowest BCUT2D eigenvalue weighted by molar-refractivity contribution is 0.180. The number of benzene rings is 1. The van der Waals surface area contributed by atoms with Crippen LogP contribution in [0.2, 0.25) is 0 Å². The number of piperidine rings is 1. The van der Waals surface area contributed by atoms with Gasteiger partial charge in [0.05, 0.1) is 6.04 Å². The Balaban J connectivity index is 1.12. The second-order valence-corrected chi connectivity index (χ2v) is 11.2. The minimum Gasteiger partial charge on any atom is -0.337 e. The highest BCUT2D eigenvalue weighted by molar-refractivity contribution is 7.99. The van der Waals surface area contributed by atoms with E-state index in [9.17, 15) is 4.79 Å². The molecular formula is C28H37N5OS. The SMILES string of the molecule is CCCC1N=C(c2ccnc(C)c2)C1CNC(=O)NC1CCCN(CC2CSc3ccccc32)C1. The maximum atomic E-state index is 12.8. The van der Waals surface area contributed by atoms with Crippen LogP contribution in [0, 0.1) is 12.8 Å². The highest BCUT2D eigenvalue weighted by atomic mass is 32.2. The highest BCUT2D eigenvalue weighted by Gasteiger charge is 2.35. The largest absolute Gasteiger partial charge is 0.337 e. The number of nitrogens with zero attached hydrogens (tertiary/aromatic N) is 3. The van der Waals surface area contributed by atoms with Gasteiger partial charge in [0.1, 0.15) is 0 Å². The smallest absolute Gasteiger partial charge is 0.315 e. The summed E-state index contributed by atoms with van der Waals surface area (Å²) in [4.78, 5) is 26.0. The molecule has 0 saturated carbocycles. The molecule has 1 saturated heterocycles. The number of hydrogen-bond acceptors (Lipinski definition) is 5. The summed E-state index contributed by atoms with van der Waals surface area (Å²) in [7, 11) is 0. The van der Waals surface area contributed by atoms with Crippen LogP contribution >= 0.6 is 11.8 Å². The number of likely N-dealkylation sites (tertiary alicyclic amines) is 1. The Morgan fingerprint density at radius 2 is 2.14 bits per heavy atom. The molecule has 3 aliphatic heterocycles. The van der Waals surface area contributed by atoms with Crippen LogP contribution in [0.25, 0.3) is 0 Å². The van der Waals surface area contributed by atoms with Gasteiger partial charge >= 0.3 is 6.03 Å². The summed E-state index contributed by atoms with van der Waals surface area (Å²) in [6, 6.07) is 13.4. The molecule has 2 N–H and O–H groups in total. The molecule has 5 rings (SSSR count). The van der Waals surface area contributed by atoms with Gasteiger partial charge in [-0.25, -0.2) is 4.79 Å². The van der Waals surface area contributed by atoms with E-state index in [0.29, 0.717) is 18.5 Å². The molecule has 6 nitrogen and oxygen atoms in total. The highest BCUT2D eigenvalue weighted by Crippen LogP contribution is 2.39. The number of carbonyl (C=O) groups is 1. The van der Waals surface area contributed by atoms with Crippen molar-refractivity contribution in [2.45, 2.75) is 62.4 Å². The number of aromatic nitrogens is 1. The number of aryl methyl sites for hydroxylation is 1. The van der Waals surface area contributed by atoms with Gasteiger partial charge in [0.2, 0.25) is 0 Å². The fourth-order valence-corrected chi connectivity index (χ4v) is 6.96. The third-order valence-electron chi connectivity index (χ3n) is 7.50. The Morgan fingerprint density at radius 1 is 1.26 bits per heavy atom. The number of fused-ring (bicyclic) bond motifs is 1. The molecule has 186 valence electrons. The van der Waals surface area contributed by atoms with E-state index in [1.807, 2.05) is 30.9 Å². The van der Waals surface area contributed by atoms with Crippen LogP contribution < -0.4 is 10.6 Å². The van der Waals surface area contributed by atoms with Crippen LogP contribution in [-0.4, -0.2) is 65.6 Å². The number of amides is 2. The third kappa shape index (κ3) is 5.72. The molecule has 4 unspecified atom stereocenters. The molecular weight excluding hydrogens is 454 g/mol. The zero-order chi connectivity index (χ0) is 24.2. The average molecular weight is 492 g/mol. The number of carbonyl (C=O) groups excluding carboxylic acids is 1. The first-order valence-electron chi connectivity index (χ1n) is 13.1. The third-order valence-corrected chi connectivity index (χ3v) is 8.75. The van der Waals surface area contributed by atoms with Crippen LogP contribution in [-0.2, 0) is 0 Å². The molecule has 0 bridgehead atoms. The van der Waals surface area contributed by atoms with E-state index in [1.54, 1.807) is 0 Å². The Kier molecular flexibility index (Phi) is 7.73. The monoisotopic (exact) mass is 491 g/mol. The Morgan fingerprint density at radius 3 is 3.00 bits per heavy atom. The number of rotatable bonds is 8. The van der Waals surface area contributed by atoms with Crippen LogP contribution in [0.3, 0.4) is 0 Å². The molecule has 3 aliphatic rings. The summed E-state index contributed by atoms with van der Waals surface area (Å²) in [5.74, 6) is 2.02. The minimum absolute atomic E-state index is 0.0500. The molecule has 1 aromatic heterocycles. The fourth-order valence-electron chi connectivity index (χ4n) is 5.72. The van der Waals surface area contributed by atoms with Crippen LogP contribution in [0.1, 0.15) is 55.3 Å². The lowest BCUT2D eigenvalue weighted by Crippen LogP contribution is -2.53. The molecule has 2 aromatic rings. The lowest BCUT2D eigenvalue weighted by Gasteiger charge is -2.36. The minimum atomic E-state index is -0.0500. The van der Waals surface area contributed by atoms with E-state index >= 15 is 0 Å². The van der Waals surface area contributed by atoms with E-state index in [1.165, 1.54) is 10.5 Å². The number of nitrogens with one attached hydrogen (secondary N) is 2. The molecule has 35 heavy (non-hydrogen) atoms. The van der Waals surface area contributed by atoms with Crippen molar-refractivity contribution >= 4 is 23.5 Å². The molecule has 0 aliphatic carbocycles. The van der Waals surface area contributed by atoms with E-state index in [0.717, 1.165) is 68.0 Å². The van der Waals surface area contributed by atoms with E-state index in [-0.39, 0.29) is 18.0 Å². The van der Waals surface area contributed by atoms with Gasteiger partial charge in [0.15, 0.2) is 0 Å². The summed E-state index contributed by atoms with van der Waals surface area (Å²) in [5, 5.41) is 6.43. The van der Waals surface area contributed by atoms with E-state index in [4.69, 9.17) is 4.99 Å². The van der Waals surface area contributed by atoms with Gasteiger partial charge in [-0.3, -0.25) is 9.98 Å². The Hall–Kier alpha value is -2.38. The van der Waals surface area contributed by atoms with Crippen molar-refractivity contribution in [1.29, 1.82) is 0 Å². The topological polar surface area (TPSA) is 69.6 Å². The van der Waals surface area contributed by atoms with E-state index < -0.39 is 0 Å². The molecule has 2 amide bonds. The first kappa shape index (κ1) is 24.3. The van der Waals surface area contributed by atoms with Crippen LogP contribution in [0.15, 0.2) is 52.5 Å². The first-order valence-corrected chi connectivity index (χ1v) is 14.1. The lowest BCUT2D eigenvalue weighted by atomic mass is 9.82. The molecule has 0 radical (unpaired) electrons. The van der Waals surface area contributed by atoms with Crippen molar-refractivity contribution < 1.29 is 4.79 Å². The van der Waals surface area contributed by atoms with Crippen LogP contribution in [0.5, 0.6) is 0 Å². The molecule has 1 fully saturated rings. The molecule has 4 heterocycles. The molecule has 4 atom stereocenters. The standard InChI is InChI=1S/C28H37N5OS/c1-3-7-25-24(27(32-25)20-11-12-29-19(2)14-20)15-30-28(34)31-22-8-6-13-33(17-22)16-21-18-35-26-10-5-4-9-23(21)26/h4-5,9-12,14,21-22,24-25H,3,6-8,13,15-18H2,1-2H3,(H2,30,31,34). The second kappa shape index (κ2) is 11.1. The summed E-state index contributed by atoms with van der Waals surface area (Å²) >= 11 is 1.98. The van der Waals surface area contributed by atoms with Crippen molar-refractivity contribution in [2.75, 3.05) is 31.9 Å². The predicted octanol–water partition coefficient (Wildman–Crippen LogP) is 4.63. The summed E-state index contributed by atoms with van der Waals surface area (Å²) < 4.78 is 0. The van der Waals surface area contributed by atoms with Gasteiger partial charge < -0.3 is 15.5 Å². The Labute approximate surface area is 213 Å². The molecule has 0 spiro atoms. The van der Waals surface area contributed by atoms with Gasteiger partial charge in [0, 0.05) is 65.8 Å². The number of aliphatic imine (C=N–C) groups is 1. The fraction of sp³-hybridized carbons (Fsp3) is 0.536. The van der Waals surface area contributed by atoms with Crippen LogP contribution in [0.4, 0.5) is 4.79 Å². The van der Waals surface area contributed by atoms with E-state index in [2.05, 4.69) is 57.8 Å². The zero-order valence-electron chi connectivity index (χ0n) is 20.9. The van der Waals surface area contributed by atoms with Gasteiger partial charge in [-0.05, 0) is 62.1 Å². The molecule has 7 heteroatoms. The first-order chi connectivity index (χ1) is 17.1. The Bertz CT molecular complexity index is 1070. The zero-order valence-corrected chi connectivity index (χ0v) is 21.7. The van der Waals surface area contributed by atoms with Gasteiger partial charge in [-0.2, -0.15) is 0 Å². The maximum absolute atomic E-state index is 12.8. The van der Waals surface area contributed by atoms with Crippen molar-refractivity contribution in [3.8, 4) is 0 Å². The number of pyridine rings is 1.